The molecule has 4 nitrogen and oxygen atoms in total. The first-order chi connectivity index (χ1) is 8.55. The maximum Gasteiger partial charge on any atom is 0.0757 e. The molecule has 1 atom stereocenters. The van der Waals surface area contributed by atoms with Gasteiger partial charge in [-0.05, 0) is 40.3 Å². The van der Waals surface area contributed by atoms with E-state index >= 15 is 0 Å². The van der Waals surface area contributed by atoms with Gasteiger partial charge in [0.2, 0.25) is 0 Å². The highest BCUT2D eigenvalue weighted by Gasteiger charge is 2.31. The summed E-state index contributed by atoms with van der Waals surface area (Å²) >= 11 is 0. The summed E-state index contributed by atoms with van der Waals surface area (Å²) in [5.74, 6) is 0. The Morgan fingerprint density at radius 1 is 1.17 bits per heavy atom. The van der Waals surface area contributed by atoms with Crippen molar-refractivity contribution >= 4 is 0 Å². The van der Waals surface area contributed by atoms with Crippen LogP contribution in [-0.4, -0.2) is 73.9 Å². The van der Waals surface area contributed by atoms with E-state index in [1.54, 1.807) is 0 Å². The van der Waals surface area contributed by atoms with Gasteiger partial charge in [-0.25, -0.2) is 0 Å². The zero-order valence-corrected chi connectivity index (χ0v) is 12.2. The normalized spacial score (nSPS) is 31.2. The lowest BCUT2D eigenvalue weighted by molar-refractivity contribution is -0.129. The molecule has 0 amide bonds. The molecule has 0 aromatic carbocycles. The van der Waals surface area contributed by atoms with E-state index in [0.717, 1.165) is 19.6 Å². The molecule has 0 aromatic heterocycles. The molecule has 0 aromatic rings. The van der Waals surface area contributed by atoms with Crippen LogP contribution in [0.25, 0.3) is 0 Å². The maximum absolute atomic E-state index is 5.95. The smallest absolute Gasteiger partial charge is 0.0757 e. The number of rotatable bonds is 3. The average molecular weight is 255 g/mol. The molecular weight excluding hydrogens is 226 g/mol. The Hall–Kier alpha value is -0.160. The second kappa shape index (κ2) is 6.33. The van der Waals surface area contributed by atoms with E-state index in [2.05, 4.69) is 35.9 Å². The van der Waals surface area contributed by atoms with Gasteiger partial charge in [0.15, 0.2) is 0 Å². The van der Waals surface area contributed by atoms with E-state index in [1.165, 1.54) is 39.1 Å². The quantitative estimate of drug-likeness (QED) is 0.806. The predicted molar refractivity (Wildman–Crippen MR) is 75.0 cm³/mol. The van der Waals surface area contributed by atoms with Crippen LogP contribution in [0.15, 0.2) is 0 Å². The van der Waals surface area contributed by atoms with E-state index < -0.39 is 0 Å². The van der Waals surface area contributed by atoms with Crippen molar-refractivity contribution in [3.63, 3.8) is 0 Å². The number of nitrogens with zero attached hydrogens (tertiary/aromatic N) is 2. The molecule has 2 aliphatic heterocycles. The van der Waals surface area contributed by atoms with Gasteiger partial charge < -0.3 is 15.0 Å². The van der Waals surface area contributed by atoms with E-state index in [4.69, 9.17) is 4.74 Å². The first kappa shape index (κ1) is 14.3. The second-order valence-corrected chi connectivity index (χ2v) is 6.37. The lowest BCUT2D eigenvalue weighted by Crippen LogP contribution is -2.53. The van der Waals surface area contributed by atoms with Gasteiger partial charge in [0.25, 0.3) is 0 Å². The van der Waals surface area contributed by atoms with Crippen LogP contribution in [0, 0.1) is 0 Å². The van der Waals surface area contributed by atoms with E-state index in [-0.39, 0.29) is 5.60 Å². The lowest BCUT2D eigenvalue weighted by Gasteiger charge is -2.42. The lowest BCUT2D eigenvalue weighted by atomic mass is 10.1. The highest BCUT2D eigenvalue weighted by Crippen LogP contribution is 2.20. The van der Waals surface area contributed by atoms with Gasteiger partial charge >= 0.3 is 0 Å². The third-order valence-electron chi connectivity index (χ3n) is 3.81. The fourth-order valence-electron chi connectivity index (χ4n) is 3.16. The summed E-state index contributed by atoms with van der Waals surface area (Å²) < 4.78 is 5.95. The van der Waals surface area contributed by atoms with Gasteiger partial charge in [0.1, 0.15) is 0 Å². The first-order valence-electron chi connectivity index (χ1n) is 7.38. The summed E-state index contributed by atoms with van der Waals surface area (Å²) in [7, 11) is 0. The Balaban J connectivity index is 1.75. The number of morpholine rings is 1. The van der Waals surface area contributed by atoms with Crippen LogP contribution in [0.2, 0.25) is 0 Å². The molecule has 2 heterocycles. The molecule has 1 N–H and O–H groups in total. The van der Waals surface area contributed by atoms with Crippen LogP contribution in [0.5, 0.6) is 0 Å². The van der Waals surface area contributed by atoms with Gasteiger partial charge in [-0.15, -0.1) is 0 Å². The van der Waals surface area contributed by atoms with E-state index in [1.807, 2.05) is 0 Å². The fourth-order valence-corrected chi connectivity index (χ4v) is 3.16. The highest BCUT2D eigenvalue weighted by molar-refractivity contribution is 4.83. The Labute approximate surface area is 112 Å². The zero-order chi connectivity index (χ0) is 13.0. The molecule has 4 heteroatoms. The largest absolute Gasteiger partial charge is 0.370 e. The van der Waals surface area contributed by atoms with Crippen molar-refractivity contribution in [1.29, 1.82) is 0 Å². The molecule has 2 fully saturated rings. The Kier molecular flexibility index (Phi) is 5.01. The van der Waals surface area contributed by atoms with Crippen molar-refractivity contribution in [2.24, 2.45) is 0 Å². The van der Waals surface area contributed by atoms with E-state index in [0.29, 0.717) is 6.10 Å². The standard InChI is InChI=1S/C14H29N3O/c1-13-11-17(12-14(2,3)18-13)10-9-16-7-4-5-15-6-8-16/h13,15H,4-12H2,1-3H3. The molecule has 0 spiro atoms. The van der Waals surface area contributed by atoms with Crippen LogP contribution in [0.1, 0.15) is 27.2 Å². The van der Waals surface area contributed by atoms with Crippen molar-refractivity contribution in [2.75, 3.05) is 52.4 Å². The summed E-state index contributed by atoms with van der Waals surface area (Å²) in [6, 6.07) is 0. The molecule has 0 saturated carbocycles. The van der Waals surface area contributed by atoms with E-state index in [9.17, 15) is 0 Å². The van der Waals surface area contributed by atoms with Crippen LogP contribution in [0.4, 0.5) is 0 Å². The Morgan fingerprint density at radius 2 is 1.94 bits per heavy atom. The van der Waals surface area contributed by atoms with Crippen LogP contribution < -0.4 is 5.32 Å². The highest BCUT2D eigenvalue weighted by atomic mass is 16.5. The van der Waals surface area contributed by atoms with Crippen LogP contribution in [0.3, 0.4) is 0 Å². The van der Waals surface area contributed by atoms with Crippen molar-refractivity contribution in [3.05, 3.63) is 0 Å². The number of hydrogen-bond donors (Lipinski definition) is 1. The Morgan fingerprint density at radius 3 is 2.72 bits per heavy atom. The van der Waals surface area contributed by atoms with Crippen LogP contribution in [-0.2, 0) is 4.74 Å². The number of hydrogen-bond acceptors (Lipinski definition) is 4. The monoisotopic (exact) mass is 255 g/mol. The molecule has 106 valence electrons. The van der Waals surface area contributed by atoms with Crippen molar-refractivity contribution in [2.45, 2.75) is 38.9 Å². The van der Waals surface area contributed by atoms with Crippen molar-refractivity contribution in [3.8, 4) is 0 Å². The molecular formula is C14H29N3O. The molecule has 0 aliphatic carbocycles. The number of ether oxygens (including phenoxy) is 1. The summed E-state index contributed by atoms with van der Waals surface area (Å²) in [6.45, 7) is 15.9. The van der Waals surface area contributed by atoms with Gasteiger partial charge in [0.05, 0.1) is 11.7 Å². The Bertz CT molecular complexity index is 249. The zero-order valence-electron chi connectivity index (χ0n) is 12.2. The third kappa shape index (κ3) is 4.50. The van der Waals surface area contributed by atoms with Gasteiger partial charge in [-0.3, -0.25) is 4.90 Å². The molecule has 2 rings (SSSR count). The summed E-state index contributed by atoms with van der Waals surface area (Å²) in [4.78, 5) is 5.15. The minimum atomic E-state index is 0.0119. The number of nitrogens with one attached hydrogen (secondary N) is 1. The van der Waals surface area contributed by atoms with Crippen molar-refractivity contribution < 1.29 is 4.74 Å². The van der Waals surface area contributed by atoms with Crippen LogP contribution >= 0.6 is 0 Å². The molecule has 18 heavy (non-hydrogen) atoms. The minimum absolute atomic E-state index is 0.0119. The average Bonchev–Trinajstić information content (AvgIpc) is 2.51. The van der Waals surface area contributed by atoms with Crippen molar-refractivity contribution in [1.82, 2.24) is 15.1 Å². The molecule has 2 saturated heterocycles. The molecule has 2 aliphatic rings. The summed E-state index contributed by atoms with van der Waals surface area (Å²) in [5, 5.41) is 3.46. The molecule has 0 radical (unpaired) electrons. The second-order valence-electron chi connectivity index (χ2n) is 6.37. The van der Waals surface area contributed by atoms with Gasteiger partial charge in [-0.2, -0.15) is 0 Å². The first-order valence-corrected chi connectivity index (χ1v) is 7.38. The van der Waals surface area contributed by atoms with Gasteiger partial charge in [-0.1, -0.05) is 0 Å². The van der Waals surface area contributed by atoms with Gasteiger partial charge in [0, 0.05) is 39.3 Å². The molecule has 0 bridgehead atoms. The fraction of sp³-hybridized carbons (Fsp3) is 1.00. The minimum Gasteiger partial charge on any atom is -0.370 e. The topological polar surface area (TPSA) is 27.7 Å². The predicted octanol–water partition coefficient (Wildman–Crippen LogP) is 0.781. The third-order valence-corrected chi connectivity index (χ3v) is 3.81. The molecule has 1 unspecified atom stereocenters. The summed E-state index contributed by atoms with van der Waals surface area (Å²) in [5.41, 5.74) is 0.0119. The summed E-state index contributed by atoms with van der Waals surface area (Å²) in [6.07, 6.45) is 1.64. The maximum atomic E-state index is 5.95. The SMILES string of the molecule is CC1CN(CCN2CCCNCC2)CC(C)(C)O1.